The highest BCUT2D eigenvalue weighted by molar-refractivity contribution is 5.69. The third kappa shape index (κ3) is 9.32. The first-order valence-electron chi connectivity index (χ1n) is 11.4. The van der Waals surface area contributed by atoms with E-state index >= 15 is 0 Å². The zero-order valence-electron chi connectivity index (χ0n) is 20.3. The minimum atomic E-state index is -0.493. The van der Waals surface area contributed by atoms with Crippen molar-refractivity contribution in [2.24, 2.45) is 11.8 Å². The van der Waals surface area contributed by atoms with Crippen LogP contribution < -0.4 is 0 Å². The molecular formula is C25H44O5. The van der Waals surface area contributed by atoms with Crippen LogP contribution >= 0.6 is 0 Å². The van der Waals surface area contributed by atoms with Crippen LogP contribution in [0, 0.1) is 11.8 Å². The van der Waals surface area contributed by atoms with Gasteiger partial charge in [0.25, 0.3) is 0 Å². The van der Waals surface area contributed by atoms with Gasteiger partial charge in [0, 0.05) is 12.3 Å². The summed E-state index contributed by atoms with van der Waals surface area (Å²) < 4.78 is 17.1. The van der Waals surface area contributed by atoms with Crippen molar-refractivity contribution in [3.63, 3.8) is 0 Å². The van der Waals surface area contributed by atoms with E-state index in [2.05, 4.69) is 52.8 Å². The first-order chi connectivity index (χ1) is 14.0. The monoisotopic (exact) mass is 424 g/mol. The third-order valence-corrected chi connectivity index (χ3v) is 5.83. The fraction of sp³-hybridized carbons (Fsp3) is 0.800. The van der Waals surface area contributed by atoms with Crippen LogP contribution in [0.5, 0.6) is 0 Å². The van der Waals surface area contributed by atoms with Gasteiger partial charge in [0.1, 0.15) is 0 Å². The number of allylic oxidation sites excluding steroid dienone is 3. The highest BCUT2D eigenvalue weighted by Crippen LogP contribution is 2.31. The van der Waals surface area contributed by atoms with Gasteiger partial charge in [-0.1, -0.05) is 45.4 Å². The minimum Gasteiger partial charge on any atom is -0.469 e. The van der Waals surface area contributed by atoms with E-state index in [-0.39, 0.29) is 42.2 Å². The van der Waals surface area contributed by atoms with Gasteiger partial charge in [-0.25, -0.2) is 0 Å². The summed E-state index contributed by atoms with van der Waals surface area (Å²) in [5.74, 6) is 0.0440. The average molecular weight is 425 g/mol. The molecule has 6 atom stereocenters. The molecule has 1 saturated heterocycles. The van der Waals surface area contributed by atoms with Gasteiger partial charge in [-0.3, -0.25) is 4.79 Å². The Labute approximate surface area is 183 Å². The van der Waals surface area contributed by atoms with E-state index in [9.17, 15) is 9.90 Å². The van der Waals surface area contributed by atoms with Crippen LogP contribution in [-0.2, 0) is 19.0 Å². The smallest absolute Gasteiger partial charge is 0.308 e. The fourth-order valence-electron chi connectivity index (χ4n) is 4.39. The van der Waals surface area contributed by atoms with E-state index in [1.54, 1.807) is 0 Å². The molecule has 0 aromatic carbocycles. The van der Waals surface area contributed by atoms with E-state index in [4.69, 9.17) is 14.2 Å². The molecule has 1 heterocycles. The predicted octanol–water partition coefficient (Wildman–Crippen LogP) is 5.22. The molecule has 1 fully saturated rings. The standard InChI is InChI=1S/C25H44O5/c1-9-11-19(4)30-25(6,7)16-17(2)12-10-13-18(3)24-20(5)22(26)14-21(29-24)15-23(27)28-8/h10,12-13,17,19-22,24,26H,9,11,14-16H2,1-8H3/b12-10+,18-13+/t17-,19-,20+,21-,22-,24-/m1/s1. The second-order valence-corrected chi connectivity index (χ2v) is 9.57. The molecule has 1 rings (SSSR count). The van der Waals surface area contributed by atoms with Crippen LogP contribution in [0.2, 0.25) is 0 Å². The van der Waals surface area contributed by atoms with Crippen molar-refractivity contribution in [1.29, 1.82) is 0 Å². The molecule has 0 saturated carbocycles. The summed E-state index contributed by atoms with van der Waals surface area (Å²) in [7, 11) is 1.37. The molecule has 0 radical (unpaired) electrons. The first kappa shape index (κ1) is 26.9. The minimum absolute atomic E-state index is 0.0200. The van der Waals surface area contributed by atoms with Crippen molar-refractivity contribution in [2.45, 2.75) is 111 Å². The van der Waals surface area contributed by atoms with E-state index in [1.807, 2.05) is 13.8 Å². The molecule has 0 amide bonds. The second-order valence-electron chi connectivity index (χ2n) is 9.57. The molecule has 30 heavy (non-hydrogen) atoms. The molecule has 0 aromatic rings. The van der Waals surface area contributed by atoms with Crippen LogP contribution in [0.25, 0.3) is 0 Å². The van der Waals surface area contributed by atoms with Crippen molar-refractivity contribution >= 4 is 5.97 Å². The van der Waals surface area contributed by atoms with Gasteiger partial charge in [0.05, 0.1) is 43.5 Å². The molecule has 1 aliphatic heterocycles. The van der Waals surface area contributed by atoms with Gasteiger partial charge in [-0.2, -0.15) is 0 Å². The summed E-state index contributed by atoms with van der Waals surface area (Å²) in [6.45, 7) is 14.8. The normalized spacial score (nSPS) is 27.8. The van der Waals surface area contributed by atoms with Crippen molar-refractivity contribution in [1.82, 2.24) is 0 Å². The molecule has 1 aliphatic rings. The van der Waals surface area contributed by atoms with Gasteiger partial charge in [0.2, 0.25) is 0 Å². The number of aliphatic hydroxyl groups is 1. The van der Waals surface area contributed by atoms with Crippen LogP contribution in [0.15, 0.2) is 23.8 Å². The molecule has 1 N–H and O–H groups in total. The van der Waals surface area contributed by atoms with Crippen molar-refractivity contribution in [3.05, 3.63) is 23.8 Å². The summed E-state index contributed by atoms with van der Waals surface area (Å²) in [4.78, 5) is 11.6. The van der Waals surface area contributed by atoms with Gasteiger partial charge < -0.3 is 19.3 Å². The van der Waals surface area contributed by atoms with Gasteiger partial charge in [-0.05, 0) is 52.0 Å². The number of esters is 1. The highest BCUT2D eigenvalue weighted by Gasteiger charge is 2.36. The van der Waals surface area contributed by atoms with Gasteiger partial charge in [0.15, 0.2) is 0 Å². The number of hydrogen-bond donors (Lipinski definition) is 1. The molecule has 0 aliphatic carbocycles. The molecule has 174 valence electrons. The molecular weight excluding hydrogens is 380 g/mol. The van der Waals surface area contributed by atoms with Crippen LogP contribution in [0.3, 0.4) is 0 Å². The summed E-state index contributed by atoms with van der Waals surface area (Å²) >= 11 is 0. The van der Waals surface area contributed by atoms with Gasteiger partial charge >= 0.3 is 5.97 Å². The Balaban J connectivity index is 2.68. The zero-order valence-corrected chi connectivity index (χ0v) is 20.3. The Kier molecular flexibility index (Phi) is 11.3. The predicted molar refractivity (Wildman–Crippen MR) is 121 cm³/mol. The maximum Gasteiger partial charge on any atom is 0.308 e. The molecule has 0 unspecified atom stereocenters. The van der Waals surface area contributed by atoms with Crippen LogP contribution in [-0.4, -0.2) is 48.2 Å². The Morgan fingerprint density at radius 2 is 2.00 bits per heavy atom. The van der Waals surface area contributed by atoms with Crippen molar-refractivity contribution in [3.8, 4) is 0 Å². The summed E-state index contributed by atoms with van der Waals surface area (Å²) in [6, 6.07) is 0. The highest BCUT2D eigenvalue weighted by atomic mass is 16.5. The Hall–Kier alpha value is -1.17. The maximum atomic E-state index is 11.6. The number of hydrogen-bond acceptors (Lipinski definition) is 5. The zero-order chi connectivity index (χ0) is 22.9. The number of carbonyl (C=O) groups is 1. The van der Waals surface area contributed by atoms with Crippen LogP contribution in [0.4, 0.5) is 0 Å². The van der Waals surface area contributed by atoms with Gasteiger partial charge in [-0.15, -0.1) is 0 Å². The second kappa shape index (κ2) is 12.6. The number of methoxy groups -OCH3 is 1. The molecule has 0 bridgehead atoms. The lowest BCUT2D eigenvalue weighted by Gasteiger charge is -2.38. The fourth-order valence-corrected chi connectivity index (χ4v) is 4.39. The first-order valence-corrected chi connectivity index (χ1v) is 11.4. The van der Waals surface area contributed by atoms with Crippen molar-refractivity contribution in [2.75, 3.05) is 7.11 Å². The number of carbonyl (C=O) groups excluding carboxylic acids is 1. The maximum absolute atomic E-state index is 11.6. The topological polar surface area (TPSA) is 65.0 Å². The van der Waals surface area contributed by atoms with Crippen molar-refractivity contribution < 1.29 is 24.1 Å². The lowest BCUT2D eigenvalue weighted by Crippen LogP contribution is -2.44. The van der Waals surface area contributed by atoms with Crippen LogP contribution in [0.1, 0.15) is 80.6 Å². The molecule has 0 aromatic heterocycles. The quantitative estimate of drug-likeness (QED) is 0.364. The molecule has 5 nitrogen and oxygen atoms in total. The van der Waals surface area contributed by atoms with E-state index in [0.717, 1.165) is 24.8 Å². The Morgan fingerprint density at radius 1 is 1.33 bits per heavy atom. The average Bonchev–Trinajstić information content (AvgIpc) is 2.63. The van der Waals surface area contributed by atoms with E-state index in [1.165, 1.54) is 7.11 Å². The number of aliphatic hydroxyl groups excluding tert-OH is 1. The lowest BCUT2D eigenvalue weighted by molar-refractivity contribution is -0.153. The third-order valence-electron chi connectivity index (χ3n) is 5.83. The largest absolute Gasteiger partial charge is 0.469 e. The Morgan fingerprint density at radius 3 is 2.60 bits per heavy atom. The summed E-state index contributed by atoms with van der Waals surface area (Å²) in [5.41, 5.74) is 0.884. The number of ether oxygens (including phenoxy) is 3. The van der Waals surface area contributed by atoms with E-state index < -0.39 is 6.10 Å². The SMILES string of the molecule is CCC[C@@H](C)OC(C)(C)C[C@H](C)/C=C/C=C(\C)[C@H]1O[C@@H](CC(=O)OC)C[C@@H](O)[C@@H]1C. The lowest BCUT2D eigenvalue weighted by atomic mass is 9.86. The number of rotatable bonds is 11. The Bertz CT molecular complexity index is 580. The van der Waals surface area contributed by atoms with E-state index in [0.29, 0.717) is 12.3 Å². The summed E-state index contributed by atoms with van der Waals surface area (Å²) in [6.07, 6.45) is 9.35. The molecule has 0 spiro atoms. The summed E-state index contributed by atoms with van der Waals surface area (Å²) in [5, 5.41) is 10.4. The molecule has 5 heteroatoms.